The summed E-state index contributed by atoms with van der Waals surface area (Å²) >= 11 is 0. The number of allylic oxidation sites excluding steroid dienone is 2. The van der Waals surface area contributed by atoms with Gasteiger partial charge in [-0.2, -0.15) is 0 Å². The predicted octanol–water partition coefficient (Wildman–Crippen LogP) is 4.68. The van der Waals surface area contributed by atoms with Gasteiger partial charge >= 0.3 is 5.97 Å². The number of nitrogens with two attached hydrogens (primary N) is 2. The number of Topliss-reactive ketones (excluding diaryl/α,β-unsaturated/α-hetero) is 1. The highest BCUT2D eigenvalue weighted by molar-refractivity contribution is 5.97. The van der Waals surface area contributed by atoms with Crippen LogP contribution < -0.4 is 21.5 Å². The van der Waals surface area contributed by atoms with Gasteiger partial charge in [-0.3, -0.25) is 19.2 Å². The average molecular weight is 658 g/mol. The number of carbonyl (C=O) groups excluding carboxylic acids is 4. The average Bonchev–Trinajstić information content (AvgIpc) is 2.99. The fraction of sp³-hybridized carbons (Fsp3) is 0.583. The summed E-state index contributed by atoms with van der Waals surface area (Å²) in [6.07, 6.45) is 14.2. The van der Waals surface area contributed by atoms with Crippen molar-refractivity contribution in [3.05, 3.63) is 53.6 Å². The number of aliphatic carboxylic acids is 1. The summed E-state index contributed by atoms with van der Waals surface area (Å²) in [5.41, 5.74) is 9.72. The Bertz CT molecular complexity index is 1210. The van der Waals surface area contributed by atoms with E-state index >= 15 is 0 Å². The van der Waals surface area contributed by atoms with Crippen LogP contribution in [-0.4, -0.2) is 57.9 Å². The summed E-state index contributed by atoms with van der Waals surface area (Å²) < 4.78 is 5.62. The maximum Gasteiger partial charge on any atom is 0.326 e. The van der Waals surface area contributed by atoms with Gasteiger partial charge in [0.15, 0.2) is 5.60 Å². The van der Waals surface area contributed by atoms with Gasteiger partial charge in [-0.25, -0.2) is 4.79 Å². The van der Waals surface area contributed by atoms with Gasteiger partial charge in [-0.1, -0.05) is 75.3 Å². The first-order chi connectivity index (χ1) is 22.3. The normalized spacial score (nSPS) is 13.7. The lowest BCUT2D eigenvalue weighted by Gasteiger charge is -2.30. The summed E-state index contributed by atoms with van der Waals surface area (Å²) in [5, 5.41) is 23.4. The van der Waals surface area contributed by atoms with E-state index in [0.717, 1.165) is 37.7 Å². The largest absolute Gasteiger partial charge is 0.490 e. The number of carboxylic acids is 1. The molecule has 3 atom stereocenters. The van der Waals surface area contributed by atoms with Gasteiger partial charge in [-0.05, 0) is 63.3 Å². The Morgan fingerprint density at radius 1 is 0.915 bits per heavy atom. The Morgan fingerprint density at radius 3 is 2.04 bits per heavy atom. The molecule has 3 amide bonds. The first kappa shape index (κ1) is 41.0. The van der Waals surface area contributed by atoms with Crippen LogP contribution >= 0.6 is 0 Å². The Kier molecular flexibility index (Phi) is 19.7. The van der Waals surface area contributed by atoms with Crippen molar-refractivity contribution in [1.29, 1.82) is 0 Å². The van der Waals surface area contributed by atoms with Crippen LogP contribution in [0, 0.1) is 5.92 Å². The molecule has 47 heavy (non-hydrogen) atoms. The number of ketones is 1. The summed E-state index contributed by atoms with van der Waals surface area (Å²) in [6, 6.07) is 5.31. The number of unbranched alkanes of at least 4 members (excludes halogenated alkanes) is 8. The lowest BCUT2D eigenvalue weighted by atomic mass is 9.82. The maximum absolute atomic E-state index is 13.4. The maximum atomic E-state index is 13.4. The van der Waals surface area contributed by atoms with Crippen molar-refractivity contribution in [2.45, 2.75) is 122 Å². The molecule has 1 rings (SSSR count). The van der Waals surface area contributed by atoms with E-state index in [1.54, 1.807) is 30.3 Å². The standard InChI is InChI=1S/C36H55N3O8/c1-4-5-6-9-12-15-28(40)16-13-10-7-8-11-14-17-30(36(46,35(38)45)25-32(37)41)33(42)39-31(34(43)44)24-27-18-20-29(21-19-27)47-23-22-26(2)3/h14,17-22,30-31,46H,4-13,15-16,23-25H2,1-3H3,(H2,37,41)(H2,38,45)(H,39,42)(H,43,44)/t30-,31+,36+/m1/s1. The molecular formula is C36H55N3O8. The Labute approximate surface area is 279 Å². The van der Waals surface area contributed by atoms with E-state index in [2.05, 4.69) is 12.2 Å². The zero-order valence-corrected chi connectivity index (χ0v) is 28.3. The lowest BCUT2D eigenvalue weighted by Crippen LogP contribution is -2.58. The molecule has 0 fully saturated rings. The number of nitrogens with one attached hydrogen (secondary N) is 1. The highest BCUT2D eigenvalue weighted by Gasteiger charge is 2.47. The molecule has 262 valence electrons. The molecule has 0 spiro atoms. The molecule has 0 bridgehead atoms. The molecule has 0 aliphatic carbocycles. The molecule has 0 aliphatic heterocycles. The molecule has 1 aromatic rings. The van der Waals surface area contributed by atoms with Crippen LogP contribution in [0.2, 0.25) is 0 Å². The van der Waals surface area contributed by atoms with E-state index < -0.39 is 47.7 Å². The number of benzene rings is 1. The van der Waals surface area contributed by atoms with Crippen molar-refractivity contribution >= 4 is 29.5 Å². The monoisotopic (exact) mass is 657 g/mol. The highest BCUT2D eigenvalue weighted by atomic mass is 16.5. The smallest absolute Gasteiger partial charge is 0.326 e. The molecular weight excluding hydrogens is 602 g/mol. The van der Waals surface area contributed by atoms with Crippen molar-refractivity contribution in [3.8, 4) is 5.75 Å². The van der Waals surface area contributed by atoms with Crippen LogP contribution in [0.5, 0.6) is 5.75 Å². The Morgan fingerprint density at radius 2 is 1.51 bits per heavy atom. The zero-order valence-electron chi connectivity index (χ0n) is 28.3. The molecule has 0 heterocycles. The van der Waals surface area contributed by atoms with Gasteiger partial charge in [0.1, 0.15) is 24.2 Å². The topological polar surface area (TPSA) is 199 Å². The summed E-state index contributed by atoms with van der Waals surface area (Å²) in [6.45, 7) is 6.45. The minimum absolute atomic E-state index is 0.0993. The Balaban J connectivity index is 2.84. The van der Waals surface area contributed by atoms with Gasteiger partial charge in [0.05, 0.1) is 12.3 Å². The molecule has 0 aliphatic rings. The van der Waals surface area contributed by atoms with Crippen molar-refractivity contribution in [3.63, 3.8) is 0 Å². The van der Waals surface area contributed by atoms with E-state index in [0.29, 0.717) is 43.6 Å². The van der Waals surface area contributed by atoms with Gasteiger partial charge in [0, 0.05) is 19.3 Å². The van der Waals surface area contributed by atoms with E-state index in [-0.39, 0.29) is 12.2 Å². The summed E-state index contributed by atoms with van der Waals surface area (Å²) in [4.78, 5) is 61.6. The Hall–Kier alpha value is -3.99. The predicted molar refractivity (Wildman–Crippen MR) is 181 cm³/mol. The molecule has 0 unspecified atom stereocenters. The van der Waals surface area contributed by atoms with E-state index in [1.807, 2.05) is 19.9 Å². The number of carboxylic acid groups (broad SMARTS) is 1. The summed E-state index contributed by atoms with van der Waals surface area (Å²) in [7, 11) is 0. The van der Waals surface area contributed by atoms with Crippen LogP contribution in [-0.2, 0) is 30.4 Å². The van der Waals surface area contributed by atoms with Gasteiger partial charge in [-0.15, -0.1) is 0 Å². The fourth-order valence-corrected chi connectivity index (χ4v) is 5.02. The zero-order chi connectivity index (χ0) is 35.2. The molecule has 11 nitrogen and oxygen atoms in total. The number of hydrogen-bond donors (Lipinski definition) is 5. The van der Waals surface area contributed by atoms with Crippen molar-refractivity contribution in [2.75, 3.05) is 6.61 Å². The van der Waals surface area contributed by atoms with Crippen LogP contribution in [0.15, 0.2) is 48.1 Å². The number of primary amides is 2. The molecule has 1 aromatic carbocycles. The number of ether oxygens (including phenoxy) is 1. The van der Waals surface area contributed by atoms with Crippen LogP contribution in [0.25, 0.3) is 0 Å². The number of carbonyl (C=O) groups is 5. The quantitative estimate of drug-likeness (QED) is 0.0698. The first-order valence-corrected chi connectivity index (χ1v) is 16.7. The SMILES string of the molecule is CCCCCCCC(=O)CCCCCCC=C[C@H](C(=O)N[C@@H](Cc1ccc(OCC=C(C)C)cc1)C(=O)O)[C@@](O)(CC(N)=O)C(N)=O. The van der Waals surface area contributed by atoms with Crippen molar-refractivity contribution < 1.29 is 38.9 Å². The van der Waals surface area contributed by atoms with Crippen LogP contribution in [0.1, 0.15) is 110 Å². The second-order valence-electron chi connectivity index (χ2n) is 12.3. The number of hydrogen-bond acceptors (Lipinski definition) is 7. The molecule has 0 saturated carbocycles. The van der Waals surface area contributed by atoms with Crippen molar-refractivity contribution in [2.24, 2.45) is 17.4 Å². The van der Waals surface area contributed by atoms with Crippen LogP contribution in [0.4, 0.5) is 0 Å². The van der Waals surface area contributed by atoms with Gasteiger partial charge in [0.25, 0.3) is 5.91 Å². The van der Waals surface area contributed by atoms with Crippen molar-refractivity contribution in [1.82, 2.24) is 5.32 Å². The second kappa shape index (κ2) is 22.5. The number of amides is 3. The van der Waals surface area contributed by atoms with E-state index in [4.69, 9.17) is 16.2 Å². The highest BCUT2D eigenvalue weighted by Crippen LogP contribution is 2.25. The minimum Gasteiger partial charge on any atom is -0.490 e. The summed E-state index contributed by atoms with van der Waals surface area (Å²) in [5.74, 6) is -5.52. The van der Waals surface area contributed by atoms with Crippen LogP contribution in [0.3, 0.4) is 0 Å². The van der Waals surface area contributed by atoms with Gasteiger partial charge < -0.3 is 31.7 Å². The minimum atomic E-state index is -2.67. The molecule has 0 aromatic heterocycles. The third kappa shape index (κ3) is 16.9. The number of aliphatic hydroxyl groups is 1. The van der Waals surface area contributed by atoms with Gasteiger partial charge in [0.2, 0.25) is 11.8 Å². The third-order valence-corrected chi connectivity index (χ3v) is 7.85. The second-order valence-corrected chi connectivity index (χ2v) is 12.3. The lowest BCUT2D eigenvalue weighted by molar-refractivity contribution is -0.153. The first-order valence-electron chi connectivity index (χ1n) is 16.7. The third-order valence-electron chi connectivity index (χ3n) is 7.85. The van der Waals surface area contributed by atoms with E-state index in [1.165, 1.54) is 25.3 Å². The van der Waals surface area contributed by atoms with E-state index in [9.17, 15) is 34.2 Å². The number of rotatable bonds is 26. The fourth-order valence-electron chi connectivity index (χ4n) is 5.02. The molecule has 7 N–H and O–H groups in total. The molecule has 0 radical (unpaired) electrons. The molecule has 0 saturated heterocycles. The molecule has 11 heteroatoms.